The zero-order valence-electron chi connectivity index (χ0n) is 19.9. The van der Waals surface area contributed by atoms with Crippen LogP contribution in [0.5, 0.6) is 11.5 Å². The number of nitrogens with zero attached hydrogens (tertiary/aromatic N) is 3. The number of carbonyl (C=O) groups excluding carboxylic acids is 1. The molecule has 1 heterocycles. The van der Waals surface area contributed by atoms with Crippen LogP contribution in [0.1, 0.15) is 42.6 Å². The second kappa shape index (κ2) is 10.4. The summed E-state index contributed by atoms with van der Waals surface area (Å²) in [6, 6.07) is 11.6. The summed E-state index contributed by atoms with van der Waals surface area (Å²) in [5, 5.41) is 4.54. The van der Waals surface area contributed by atoms with Crippen molar-refractivity contribution in [1.29, 1.82) is 0 Å². The Morgan fingerprint density at radius 2 is 2.00 bits per heavy atom. The van der Waals surface area contributed by atoms with Crippen molar-refractivity contribution in [2.24, 2.45) is 0 Å². The summed E-state index contributed by atoms with van der Waals surface area (Å²) in [5.74, 6) is 0.656. The number of aromatic nitrogens is 2. The van der Waals surface area contributed by atoms with Gasteiger partial charge in [0.1, 0.15) is 18.0 Å². The molecule has 0 aliphatic heterocycles. The highest BCUT2D eigenvalue weighted by atomic mass is 35.5. The molecule has 2 aromatic carbocycles. The van der Waals surface area contributed by atoms with Crippen molar-refractivity contribution in [2.75, 3.05) is 13.7 Å². The SMILES string of the molecule is CCOC(=O)Cn1ncc2c1CCCC2N(C)S(=O)(=O)c1ccc(Oc2ccccc2C)c(Cl)c1. The molecule has 0 radical (unpaired) electrons. The normalized spacial score (nSPS) is 15.6. The van der Waals surface area contributed by atoms with E-state index in [0.29, 0.717) is 24.5 Å². The lowest BCUT2D eigenvalue weighted by molar-refractivity contribution is -0.144. The predicted octanol–water partition coefficient (Wildman–Crippen LogP) is 4.90. The van der Waals surface area contributed by atoms with Crippen molar-refractivity contribution >= 4 is 27.6 Å². The zero-order valence-corrected chi connectivity index (χ0v) is 21.5. The van der Waals surface area contributed by atoms with Crippen LogP contribution in [-0.4, -0.2) is 42.1 Å². The van der Waals surface area contributed by atoms with Gasteiger partial charge in [-0.15, -0.1) is 0 Å². The van der Waals surface area contributed by atoms with Crippen molar-refractivity contribution in [1.82, 2.24) is 14.1 Å². The van der Waals surface area contributed by atoms with Crippen LogP contribution >= 0.6 is 11.6 Å². The highest BCUT2D eigenvalue weighted by Crippen LogP contribution is 2.38. The van der Waals surface area contributed by atoms with Gasteiger partial charge >= 0.3 is 5.97 Å². The summed E-state index contributed by atoms with van der Waals surface area (Å²) in [7, 11) is -2.30. The van der Waals surface area contributed by atoms with Crippen LogP contribution in [0, 0.1) is 6.92 Å². The molecule has 0 spiro atoms. The molecule has 1 atom stereocenters. The molecule has 0 N–H and O–H groups in total. The van der Waals surface area contributed by atoms with E-state index in [0.717, 1.165) is 29.7 Å². The molecule has 4 rings (SSSR count). The van der Waals surface area contributed by atoms with Crippen molar-refractivity contribution < 1.29 is 22.7 Å². The second-order valence-electron chi connectivity index (χ2n) is 8.40. The minimum Gasteiger partial charge on any atom is -0.465 e. The zero-order chi connectivity index (χ0) is 25.2. The van der Waals surface area contributed by atoms with Gasteiger partial charge in [-0.25, -0.2) is 8.42 Å². The lowest BCUT2D eigenvalue weighted by Crippen LogP contribution is -2.33. The summed E-state index contributed by atoms with van der Waals surface area (Å²) in [6.07, 6.45) is 3.79. The number of sulfonamides is 1. The topological polar surface area (TPSA) is 90.7 Å². The van der Waals surface area contributed by atoms with E-state index in [2.05, 4.69) is 5.10 Å². The van der Waals surface area contributed by atoms with Gasteiger partial charge in [0, 0.05) is 18.3 Å². The smallest absolute Gasteiger partial charge is 0.327 e. The molecule has 3 aromatic rings. The average molecular weight is 518 g/mol. The lowest BCUT2D eigenvalue weighted by Gasteiger charge is -2.31. The summed E-state index contributed by atoms with van der Waals surface area (Å²) < 4.78 is 40.9. The largest absolute Gasteiger partial charge is 0.465 e. The number of ether oxygens (including phenoxy) is 2. The number of esters is 1. The molecular formula is C25H28ClN3O5S. The third-order valence-corrected chi connectivity index (χ3v) is 8.31. The van der Waals surface area contributed by atoms with E-state index in [-0.39, 0.29) is 22.4 Å². The minimum atomic E-state index is -3.86. The number of rotatable bonds is 8. The third-order valence-electron chi connectivity index (χ3n) is 6.15. The summed E-state index contributed by atoms with van der Waals surface area (Å²) in [4.78, 5) is 12.0. The van der Waals surface area contributed by atoms with Crippen molar-refractivity contribution in [3.8, 4) is 11.5 Å². The molecule has 35 heavy (non-hydrogen) atoms. The monoisotopic (exact) mass is 517 g/mol. The van der Waals surface area contributed by atoms with Crippen LogP contribution in [0.15, 0.2) is 53.6 Å². The maximum atomic E-state index is 13.5. The Labute approximate surface area is 210 Å². The van der Waals surface area contributed by atoms with Gasteiger partial charge in [0.15, 0.2) is 0 Å². The molecule has 8 nitrogen and oxygen atoms in total. The molecule has 1 aromatic heterocycles. The van der Waals surface area contributed by atoms with Gasteiger partial charge in [-0.2, -0.15) is 9.40 Å². The summed E-state index contributed by atoms with van der Waals surface area (Å²) >= 11 is 6.42. The van der Waals surface area contributed by atoms with Crippen LogP contribution in [0.2, 0.25) is 5.02 Å². The quantitative estimate of drug-likeness (QED) is 0.395. The van der Waals surface area contributed by atoms with Gasteiger partial charge in [0.2, 0.25) is 10.0 Å². The standard InChI is InChI=1S/C25H28ClN3O5S/c1-4-33-25(30)16-29-22-10-7-9-21(19(22)15-27-29)28(3)35(31,32)18-12-13-24(20(26)14-18)34-23-11-6-5-8-17(23)2/h5-6,8,11-15,21H,4,7,9-10,16H2,1-3H3. The van der Waals surface area contributed by atoms with Gasteiger partial charge in [0.25, 0.3) is 0 Å². The van der Waals surface area contributed by atoms with E-state index in [4.69, 9.17) is 21.1 Å². The van der Waals surface area contributed by atoms with Gasteiger partial charge in [0.05, 0.1) is 28.8 Å². The molecule has 0 bridgehead atoms. The van der Waals surface area contributed by atoms with Gasteiger partial charge in [-0.05, 0) is 62.9 Å². The molecule has 1 aliphatic carbocycles. The number of halogens is 1. The Balaban J connectivity index is 1.57. The van der Waals surface area contributed by atoms with Crippen molar-refractivity contribution in [2.45, 2.75) is 50.6 Å². The number of carbonyl (C=O) groups is 1. The van der Waals surface area contributed by atoms with E-state index >= 15 is 0 Å². The molecule has 186 valence electrons. The van der Waals surface area contributed by atoms with E-state index in [1.165, 1.54) is 16.4 Å². The maximum Gasteiger partial charge on any atom is 0.327 e. The highest BCUT2D eigenvalue weighted by Gasteiger charge is 2.34. The molecule has 0 fully saturated rings. The highest BCUT2D eigenvalue weighted by molar-refractivity contribution is 7.89. The van der Waals surface area contributed by atoms with Crippen LogP contribution in [0.3, 0.4) is 0 Å². The number of fused-ring (bicyclic) bond motifs is 1. The van der Waals surface area contributed by atoms with Crippen LogP contribution in [0.25, 0.3) is 0 Å². The number of hydrogen-bond donors (Lipinski definition) is 0. The first-order valence-electron chi connectivity index (χ1n) is 11.4. The predicted molar refractivity (Wildman–Crippen MR) is 132 cm³/mol. The Kier molecular flexibility index (Phi) is 7.49. The first-order valence-corrected chi connectivity index (χ1v) is 13.3. The molecule has 10 heteroatoms. The Morgan fingerprint density at radius 1 is 1.23 bits per heavy atom. The summed E-state index contributed by atoms with van der Waals surface area (Å²) in [5.41, 5.74) is 2.60. The van der Waals surface area contributed by atoms with E-state index < -0.39 is 16.1 Å². The molecule has 0 saturated heterocycles. The first-order chi connectivity index (χ1) is 16.7. The number of benzene rings is 2. The molecule has 1 unspecified atom stereocenters. The molecule has 0 saturated carbocycles. The molecule has 1 aliphatic rings. The molecular weight excluding hydrogens is 490 g/mol. The van der Waals surface area contributed by atoms with Crippen LogP contribution in [0.4, 0.5) is 0 Å². The Bertz CT molecular complexity index is 1340. The third kappa shape index (κ3) is 5.22. The Morgan fingerprint density at radius 3 is 2.71 bits per heavy atom. The van der Waals surface area contributed by atoms with Crippen molar-refractivity contribution in [3.05, 3.63) is 70.5 Å². The van der Waals surface area contributed by atoms with Gasteiger partial charge in [-0.1, -0.05) is 29.8 Å². The van der Waals surface area contributed by atoms with E-state index in [9.17, 15) is 13.2 Å². The number of aryl methyl sites for hydroxylation is 1. The fraction of sp³-hybridized carbons (Fsp3) is 0.360. The minimum absolute atomic E-state index is 0.00428. The van der Waals surface area contributed by atoms with Crippen LogP contribution in [-0.2, 0) is 32.5 Å². The fourth-order valence-corrected chi connectivity index (χ4v) is 5.96. The second-order valence-corrected chi connectivity index (χ2v) is 10.8. The fourth-order valence-electron chi connectivity index (χ4n) is 4.29. The maximum absolute atomic E-state index is 13.5. The lowest BCUT2D eigenvalue weighted by atomic mass is 9.93. The van der Waals surface area contributed by atoms with Gasteiger partial charge < -0.3 is 9.47 Å². The van der Waals surface area contributed by atoms with Gasteiger partial charge in [-0.3, -0.25) is 9.48 Å². The molecule has 0 amide bonds. The Hall–Kier alpha value is -2.88. The van der Waals surface area contributed by atoms with Crippen LogP contribution < -0.4 is 4.74 Å². The summed E-state index contributed by atoms with van der Waals surface area (Å²) in [6.45, 7) is 3.97. The first kappa shape index (κ1) is 25.2. The van der Waals surface area contributed by atoms with Crippen molar-refractivity contribution in [3.63, 3.8) is 0 Å². The van der Waals surface area contributed by atoms with E-state index in [1.54, 1.807) is 30.9 Å². The number of para-hydroxylation sites is 1. The number of hydrogen-bond acceptors (Lipinski definition) is 6. The average Bonchev–Trinajstić information content (AvgIpc) is 3.24. The van der Waals surface area contributed by atoms with E-state index in [1.807, 2.05) is 31.2 Å².